The van der Waals surface area contributed by atoms with Gasteiger partial charge in [-0.1, -0.05) is 40.0 Å². The van der Waals surface area contributed by atoms with Crippen LogP contribution in [-0.4, -0.2) is 36.0 Å². The first kappa shape index (κ1) is 14.9. The van der Waals surface area contributed by atoms with Gasteiger partial charge in [-0.25, -0.2) is 0 Å². The van der Waals surface area contributed by atoms with E-state index in [0.29, 0.717) is 6.73 Å². The standard InChI is InChI=1S/C13H30NO/c1-4-7-10-14(13-15,11-8-5-2)12-9-6-3/h15H,4-13H2,1-3H3/q+1. The molecule has 0 unspecified atom stereocenters. The van der Waals surface area contributed by atoms with Crippen LogP contribution in [0.15, 0.2) is 0 Å². The Morgan fingerprint density at radius 1 is 0.733 bits per heavy atom. The van der Waals surface area contributed by atoms with Crippen molar-refractivity contribution in [1.82, 2.24) is 0 Å². The van der Waals surface area contributed by atoms with Crippen molar-refractivity contribution >= 4 is 0 Å². The lowest BCUT2D eigenvalue weighted by Gasteiger charge is -2.37. The van der Waals surface area contributed by atoms with Crippen molar-refractivity contribution in [3.8, 4) is 0 Å². The second kappa shape index (κ2) is 9.17. The third kappa shape index (κ3) is 6.16. The molecule has 1 N–H and O–H groups in total. The minimum atomic E-state index is 0.333. The first-order valence-electron chi connectivity index (χ1n) is 6.70. The zero-order valence-electron chi connectivity index (χ0n) is 11.0. The highest BCUT2D eigenvalue weighted by molar-refractivity contribution is 4.44. The molecule has 0 aromatic heterocycles. The highest BCUT2D eigenvalue weighted by Gasteiger charge is 2.24. The minimum Gasteiger partial charge on any atom is -0.347 e. The Kier molecular flexibility index (Phi) is 9.12. The molecular weight excluding hydrogens is 186 g/mol. The van der Waals surface area contributed by atoms with E-state index in [-0.39, 0.29) is 0 Å². The molecule has 0 radical (unpaired) electrons. The monoisotopic (exact) mass is 216 g/mol. The summed E-state index contributed by atoms with van der Waals surface area (Å²) in [6.45, 7) is 10.5. The summed E-state index contributed by atoms with van der Waals surface area (Å²) in [6.07, 6.45) is 7.44. The summed E-state index contributed by atoms with van der Waals surface area (Å²) >= 11 is 0. The first-order chi connectivity index (χ1) is 7.24. The summed E-state index contributed by atoms with van der Waals surface area (Å²) in [5.74, 6) is 0. The largest absolute Gasteiger partial charge is 0.347 e. The lowest BCUT2D eigenvalue weighted by atomic mass is 10.2. The molecule has 2 nitrogen and oxygen atoms in total. The van der Waals surface area contributed by atoms with Crippen LogP contribution in [0.4, 0.5) is 0 Å². The van der Waals surface area contributed by atoms with Crippen LogP contribution in [0.3, 0.4) is 0 Å². The summed E-state index contributed by atoms with van der Waals surface area (Å²) < 4.78 is 0.940. The van der Waals surface area contributed by atoms with Gasteiger partial charge in [0.1, 0.15) is 0 Å². The molecule has 0 saturated carbocycles. The SMILES string of the molecule is CCCC[N+](CO)(CCCC)CCCC. The maximum atomic E-state index is 9.63. The Bertz CT molecular complexity index is 115. The van der Waals surface area contributed by atoms with Crippen LogP contribution in [0.1, 0.15) is 59.3 Å². The van der Waals surface area contributed by atoms with Crippen molar-refractivity contribution in [3.63, 3.8) is 0 Å². The fraction of sp³-hybridized carbons (Fsp3) is 1.00. The molecule has 15 heavy (non-hydrogen) atoms. The van der Waals surface area contributed by atoms with Crippen LogP contribution in [0.5, 0.6) is 0 Å². The molecule has 2 heteroatoms. The van der Waals surface area contributed by atoms with E-state index in [2.05, 4.69) is 20.8 Å². The van der Waals surface area contributed by atoms with Crippen LogP contribution in [0.25, 0.3) is 0 Å². The lowest BCUT2D eigenvalue weighted by Crippen LogP contribution is -2.50. The summed E-state index contributed by atoms with van der Waals surface area (Å²) in [5, 5.41) is 9.63. The second-order valence-corrected chi connectivity index (χ2v) is 4.71. The summed E-state index contributed by atoms with van der Waals surface area (Å²) in [6, 6.07) is 0. The topological polar surface area (TPSA) is 20.2 Å². The van der Waals surface area contributed by atoms with Gasteiger partial charge in [-0.15, -0.1) is 0 Å². The van der Waals surface area contributed by atoms with Crippen molar-refractivity contribution in [3.05, 3.63) is 0 Å². The van der Waals surface area contributed by atoms with Crippen LogP contribution in [-0.2, 0) is 0 Å². The number of aliphatic hydroxyl groups is 1. The molecule has 92 valence electrons. The number of nitrogens with zero attached hydrogens (tertiary/aromatic N) is 1. The number of hydrogen-bond acceptors (Lipinski definition) is 1. The predicted octanol–water partition coefficient (Wildman–Crippen LogP) is 3.15. The molecule has 0 aliphatic carbocycles. The zero-order valence-corrected chi connectivity index (χ0v) is 11.0. The van der Waals surface area contributed by atoms with E-state index in [9.17, 15) is 5.11 Å². The van der Waals surface area contributed by atoms with Crippen molar-refractivity contribution < 1.29 is 9.59 Å². The lowest BCUT2D eigenvalue weighted by molar-refractivity contribution is -0.945. The normalized spacial score (nSPS) is 12.0. The van der Waals surface area contributed by atoms with E-state index in [1.807, 2.05) is 0 Å². The van der Waals surface area contributed by atoms with Gasteiger partial charge >= 0.3 is 0 Å². The van der Waals surface area contributed by atoms with Crippen molar-refractivity contribution in [1.29, 1.82) is 0 Å². The third-order valence-electron chi connectivity index (χ3n) is 3.26. The fourth-order valence-electron chi connectivity index (χ4n) is 2.03. The van der Waals surface area contributed by atoms with Gasteiger partial charge in [-0.3, -0.25) is 0 Å². The van der Waals surface area contributed by atoms with Crippen molar-refractivity contribution in [2.45, 2.75) is 59.3 Å². The van der Waals surface area contributed by atoms with Gasteiger partial charge in [0.15, 0.2) is 6.73 Å². The maximum Gasteiger partial charge on any atom is 0.180 e. The quantitative estimate of drug-likeness (QED) is 0.439. The Hall–Kier alpha value is -0.0800. The molecule has 0 aromatic carbocycles. The number of aliphatic hydroxyl groups excluding tert-OH is 1. The summed E-state index contributed by atoms with van der Waals surface area (Å²) in [7, 11) is 0. The van der Waals surface area contributed by atoms with Gasteiger partial charge in [-0.2, -0.15) is 0 Å². The number of hydrogen-bond donors (Lipinski definition) is 1. The van der Waals surface area contributed by atoms with E-state index in [0.717, 1.165) is 24.1 Å². The average Bonchev–Trinajstić information content (AvgIpc) is 2.29. The summed E-state index contributed by atoms with van der Waals surface area (Å²) in [4.78, 5) is 0. The van der Waals surface area contributed by atoms with Gasteiger partial charge in [0, 0.05) is 0 Å². The first-order valence-corrected chi connectivity index (χ1v) is 6.70. The molecule has 0 amide bonds. The maximum absolute atomic E-state index is 9.63. The Labute approximate surface area is 95.9 Å². The van der Waals surface area contributed by atoms with Crippen molar-refractivity contribution in [2.24, 2.45) is 0 Å². The molecule has 0 spiro atoms. The van der Waals surface area contributed by atoms with Gasteiger partial charge in [-0.05, 0) is 19.3 Å². The van der Waals surface area contributed by atoms with Gasteiger partial charge in [0.25, 0.3) is 0 Å². The third-order valence-corrected chi connectivity index (χ3v) is 3.26. The number of rotatable bonds is 10. The highest BCUT2D eigenvalue weighted by Crippen LogP contribution is 2.13. The highest BCUT2D eigenvalue weighted by atomic mass is 16.3. The molecule has 0 aliphatic rings. The van der Waals surface area contributed by atoms with Gasteiger partial charge in [0.2, 0.25) is 0 Å². The molecule has 0 bridgehead atoms. The second-order valence-electron chi connectivity index (χ2n) is 4.71. The molecular formula is C13H30NO+. The Morgan fingerprint density at radius 3 is 1.27 bits per heavy atom. The molecule has 0 fully saturated rings. The van der Waals surface area contributed by atoms with E-state index in [1.165, 1.54) is 38.5 Å². The summed E-state index contributed by atoms with van der Waals surface area (Å²) in [5.41, 5.74) is 0. The molecule has 0 atom stereocenters. The predicted molar refractivity (Wildman–Crippen MR) is 66.7 cm³/mol. The minimum absolute atomic E-state index is 0.333. The molecule has 0 rings (SSSR count). The van der Waals surface area contributed by atoms with Crippen LogP contribution in [0.2, 0.25) is 0 Å². The fourth-order valence-corrected chi connectivity index (χ4v) is 2.03. The molecule has 0 aromatic rings. The Morgan fingerprint density at radius 2 is 1.07 bits per heavy atom. The smallest absolute Gasteiger partial charge is 0.180 e. The van der Waals surface area contributed by atoms with Crippen LogP contribution >= 0.6 is 0 Å². The van der Waals surface area contributed by atoms with E-state index < -0.39 is 0 Å². The average molecular weight is 216 g/mol. The van der Waals surface area contributed by atoms with Gasteiger partial charge in [0.05, 0.1) is 19.6 Å². The van der Waals surface area contributed by atoms with Crippen LogP contribution in [0, 0.1) is 0 Å². The number of quaternary nitrogens is 1. The number of unbranched alkanes of at least 4 members (excludes halogenated alkanes) is 3. The van der Waals surface area contributed by atoms with E-state index in [1.54, 1.807) is 0 Å². The van der Waals surface area contributed by atoms with E-state index >= 15 is 0 Å². The van der Waals surface area contributed by atoms with Crippen LogP contribution < -0.4 is 0 Å². The van der Waals surface area contributed by atoms with Gasteiger partial charge < -0.3 is 9.59 Å². The Balaban J connectivity index is 4.16. The molecule has 0 saturated heterocycles. The zero-order chi connectivity index (χ0) is 11.6. The molecule has 0 heterocycles. The van der Waals surface area contributed by atoms with Crippen molar-refractivity contribution in [2.75, 3.05) is 26.4 Å². The molecule has 0 aliphatic heterocycles. The van der Waals surface area contributed by atoms with E-state index in [4.69, 9.17) is 0 Å².